The second-order valence-corrected chi connectivity index (χ2v) is 5.36. The quantitative estimate of drug-likeness (QED) is 0.519. The van der Waals surface area contributed by atoms with Crippen LogP contribution in [0.25, 0.3) is 0 Å². The fourth-order valence-electron chi connectivity index (χ4n) is 2.94. The van der Waals surface area contributed by atoms with Gasteiger partial charge in [0.05, 0.1) is 4.92 Å². The maximum Gasteiger partial charge on any atom is 0.315 e. The third-order valence-electron chi connectivity index (χ3n) is 3.87. The highest BCUT2D eigenvalue weighted by Gasteiger charge is 2.26. The Hall–Kier alpha value is -2.56. The van der Waals surface area contributed by atoms with Gasteiger partial charge in [0.15, 0.2) is 0 Å². The van der Waals surface area contributed by atoms with E-state index in [1.54, 1.807) is 18.2 Å². The summed E-state index contributed by atoms with van der Waals surface area (Å²) in [5.41, 5.74) is 10.1. The smallest absolute Gasteiger partial charge is 0.315 e. The van der Waals surface area contributed by atoms with Gasteiger partial charge in [0.2, 0.25) is 0 Å². The first-order chi connectivity index (χ1) is 10.1. The van der Waals surface area contributed by atoms with Crippen LogP contribution in [0.2, 0.25) is 0 Å². The molecule has 0 aliphatic carbocycles. The molecule has 0 atom stereocenters. The van der Waals surface area contributed by atoms with E-state index >= 15 is 0 Å². The van der Waals surface area contributed by atoms with Crippen molar-refractivity contribution in [2.75, 3.05) is 17.2 Å². The lowest BCUT2D eigenvalue weighted by atomic mass is 9.98. The molecule has 0 spiro atoms. The number of aryl methyl sites for hydroxylation is 2. The van der Waals surface area contributed by atoms with Crippen molar-refractivity contribution in [2.45, 2.75) is 19.8 Å². The highest BCUT2D eigenvalue weighted by molar-refractivity contribution is 5.81. The standard InChI is InChI=1S/C16H17N3O2/c1-11-7-8-14-12(10-11)4-3-9-18(14)15-6-2-5-13(17)16(15)19(20)21/h2,5-8,10H,3-4,9,17H2,1H3. The Bertz CT molecular complexity index is 713. The van der Waals surface area contributed by atoms with Crippen LogP contribution in [0.3, 0.4) is 0 Å². The molecule has 0 bridgehead atoms. The Morgan fingerprint density at radius 1 is 1.24 bits per heavy atom. The van der Waals surface area contributed by atoms with Crippen molar-refractivity contribution < 1.29 is 4.92 Å². The van der Waals surface area contributed by atoms with Crippen molar-refractivity contribution >= 4 is 22.7 Å². The highest BCUT2D eigenvalue weighted by Crippen LogP contribution is 2.40. The zero-order valence-corrected chi connectivity index (χ0v) is 11.9. The number of rotatable bonds is 2. The third-order valence-corrected chi connectivity index (χ3v) is 3.87. The fourth-order valence-corrected chi connectivity index (χ4v) is 2.94. The molecule has 2 aromatic rings. The monoisotopic (exact) mass is 283 g/mol. The van der Waals surface area contributed by atoms with E-state index in [0.29, 0.717) is 5.69 Å². The Kier molecular flexibility index (Phi) is 3.25. The van der Waals surface area contributed by atoms with Gasteiger partial charge in [-0.05, 0) is 43.5 Å². The van der Waals surface area contributed by atoms with Gasteiger partial charge in [-0.25, -0.2) is 0 Å². The number of hydrogen-bond acceptors (Lipinski definition) is 4. The van der Waals surface area contributed by atoms with Crippen LogP contribution >= 0.6 is 0 Å². The van der Waals surface area contributed by atoms with Crippen LogP contribution in [0.4, 0.5) is 22.7 Å². The van der Waals surface area contributed by atoms with E-state index in [9.17, 15) is 10.1 Å². The van der Waals surface area contributed by atoms with Gasteiger partial charge in [-0.2, -0.15) is 0 Å². The van der Waals surface area contributed by atoms with Gasteiger partial charge in [-0.1, -0.05) is 23.8 Å². The van der Waals surface area contributed by atoms with Crippen LogP contribution < -0.4 is 10.6 Å². The Balaban J connectivity index is 2.16. The normalized spacial score (nSPS) is 13.9. The molecule has 0 saturated carbocycles. The summed E-state index contributed by atoms with van der Waals surface area (Å²) in [5, 5.41) is 11.4. The second kappa shape index (κ2) is 5.09. The Morgan fingerprint density at radius 3 is 2.81 bits per heavy atom. The molecule has 1 aliphatic rings. The average molecular weight is 283 g/mol. The summed E-state index contributed by atoms with van der Waals surface area (Å²) < 4.78 is 0. The number of benzene rings is 2. The van der Waals surface area contributed by atoms with Gasteiger partial charge in [0.25, 0.3) is 0 Å². The first-order valence-electron chi connectivity index (χ1n) is 6.98. The van der Waals surface area contributed by atoms with E-state index in [-0.39, 0.29) is 11.4 Å². The molecule has 0 fully saturated rings. The molecule has 0 radical (unpaired) electrons. The summed E-state index contributed by atoms with van der Waals surface area (Å²) in [6.07, 6.45) is 1.98. The zero-order chi connectivity index (χ0) is 15.0. The van der Waals surface area contributed by atoms with Crippen LogP contribution in [-0.2, 0) is 6.42 Å². The number of hydrogen-bond donors (Lipinski definition) is 1. The van der Waals surface area contributed by atoms with Crippen LogP contribution in [0.15, 0.2) is 36.4 Å². The summed E-state index contributed by atoms with van der Waals surface area (Å²) in [4.78, 5) is 13.0. The van der Waals surface area contributed by atoms with Crippen molar-refractivity contribution in [1.29, 1.82) is 0 Å². The topological polar surface area (TPSA) is 72.4 Å². The summed E-state index contributed by atoms with van der Waals surface area (Å²) in [6.45, 7) is 2.82. The second-order valence-electron chi connectivity index (χ2n) is 5.36. The summed E-state index contributed by atoms with van der Waals surface area (Å²) in [7, 11) is 0. The molecule has 2 aromatic carbocycles. The van der Waals surface area contributed by atoms with Crippen LogP contribution in [-0.4, -0.2) is 11.5 Å². The van der Waals surface area contributed by atoms with E-state index in [4.69, 9.17) is 5.73 Å². The molecule has 0 unspecified atom stereocenters. The number of anilines is 3. The Labute approximate surface area is 123 Å². The molecule has 3 rings (SSSR count). The number of nitro benzene ring substituents is 1. The number of nitrogen functional groups attached to an aromatic ring is 1. The van der Waals surface area contributed by atoms with Crippen molar-refractivity contribution in [1.82, 2.24) is 0 Å². The van der Waals surface area contributed by atoms with E-state index in [0.717, 1.165) is 25.1 Å². The third kappa shape index (κ3) is 2.31. The predicted molar refractivity (Wildman–Crippen MR) is 84.0 cm³/mol. The van der Waals surface area contributed by atoms with E-state index in [1.165, 1.54) is 11.1 Å². The van der Waals surface area contributed by atoms with E-state index in [2.05, 4.69) is 13.0 Å². The molecule has 1 heterocycles. The molecule has 5 heteroatoms. The molecule has 0 aromatic heterocycles. The zero-order valence-electron chi connectivity index (χ0n) is 11.9. The number of fused-ring (bicyclic) bond motifs is 1. The maximum absolute atomic E-state index is 11.4. The molecule has 108 valence electrons. The maximum atomic E-state index is 11.4. The minimum absolute atomic E-state index is 0.00840. The minimum Gasteiger partial charge on any atom is -0.393 e. The first-order valence-corrected chi connectivity index (χ1v) is 6.98. The average Bonchev–Trinajstić information content (AvgIpc) is 2.45. The molecule has 0 amide bonds. The van der Waals surface area contributed by atoms with Crippen molar-refractivity contribution in [3.8, 4) is 0 Å². The lowest BCUT2D eigenvalue weighted by molar-refractivity contribution is -0.383. The minimum atomic E-state index is -0.396. The van der Waals surface area contributed by atoms with Gasteiger partial charge >= 0.3 is 5.69 Å². The van der Waals surface area contributed by atoms with E-state index < -0.39 is 4.92 Å². The van der Waals surface area contributed by atoms with Crippen LogP contribution in [0.1, 0.15) is 17.5 Å². The van der Waals surface area contributed by atoms with Crippen LogP contribution in [0.5, 0.6) is 0 Å². The van der Waals surface area contributed by atoms with Crippen molar-refractivity contribution in [3.63, 3.8) is 0 Å². The van der Waals surface area contributed by atoms with Gasteiger partial charge < -0.3 is 10.6 Å². The largest absolute Gasteiger partial charge is 0.393 e. The van der Waals surface area contributed by atoms with Crippen LogP contribution in [0, 0.1) is 17.0 Å². The summed E-state index contributed by atoms with van der Waals surface area (Å²) >= 11 is 0. The lowest BCUT2D eigenvalue weighted by Gasteiger charge is -2.31. The number of nitrogens with zero attached hydrogens (tertiary/aromatic N) is 2. The Morgan fingerprint density at radius 2 is 2.05 bits per heavy atom. The number of nitro groups is 1. The van der Waals surface area contributed by atoms with E-state index in [1.807, 2.05) is 17.0 Å². The van der Waals surface area contributed by atoms with Crippen molar-refractivity contribution in [2.24, 2.45) is 0 Å². The molecular formula is C16H17N3O2. The molecule has 0 saturated heterocycles. The molecule has 1 aliphatic heterocycles. The highest BCUT2D eigenvalue weighted by atomic mass is 16.6. The first kappa shape index (κ1) is 13.4. The SMILES string of the molecule is Cc1ccc2c(c1)CCCN2c1cccc(N)c1[N+](=O)[O-]. The number of para-hydroxylation sites is 1. The van der Waals surface area contributed by atoms with Gasteiger partial charge in [-0.15, -0.1) is 0 Å². The van der Waals surface area contributed by atoms with Gasteiger partial charge in [0.1, 0.15) is 11.4 Å². The van der Waals surface area contributed by atoms with Gasteiger partial charge in [0, 0.05) is 12.2 Å². The summed E-state index contributed by atoms with van der Waals surface area (Å²) in [5.74, 6) is 0. The molecule has 5 nitrogen and oxygen atoms in total. The fraction of sp³-hybridized carbons (Fsp3) is 0.250. The molecular weight excluding hydrogens is 266 g/mol. The lowest BCUT2D eigenvalue weighted by Crippen LogP contribution is -2.25. The predicted octanol–water partition coefficient (Wildman–Crippen LogP) is 3.57. The summed E-state index contributed by atoms with van der Waals surface area (Å²) in [6, 6.07) is 11.3. The molecule has 2 N–H and O–H groups in total. The number of nitrogens with two attached hydrogens (primary N) is 1. The van der Waals surface area contributed by atoms with Gasteiger partial charge in [-0.3, -0.25) is 10.1 Å². The molecule has 21 heavy (non-hydrogen) atoms. The van der Waals surface area contributed by atoms with Crippen molar-refractivity contribution in [3.05, 3.63) is 57.6 Å².